The van der Waals surface area contributed by atoms with Gasteiger partial charge in [-0.25, -0.2) is 9.59 Å². The Morgan fingerprint density at radius 2 is 0.979 bits per heavy atom. The molecule has 0 bridgehead atoms. The minimum absolute atomic E-state index is 0.00217. The number of ether oxygens (including phenoxy) is 2. The van der Waals surface area contributed by atoms with Crippen molar-refractivity contribution in [2.75, 3.05) is 38.1 Å². The summed E-state index contributed by atoms with van der Waals surface area (Å²) in [4.78, 5) is 80.0. The molecule has 1 aliphatic rings. The number of nitrogens with one attached hydrogen (secondary N) is 4. The van der Waals surface area contributed by atoms with Crippen LogP contribution in [-0.2, 0) is 28.7 Å². The minimum Gasteiger partial charge on any atom is -0.468 e. The van der Waals surface area contributed by atoms with Crippen molar-refractivity contribution in [3.63, 3.8) is 0 Å². The normalized spacial score (nSPS) is 15.3. The smallest absolute Gasteiger partial charge is 0.329 e. The average Bonchev–Trinajstić information content (AvgIpc) is 3.00. The third-order valence-electron chi connectivity index (χ3n) is 7.47. The van der Waals surface area contributed by atoms with Crippen molar-refractivity contribution >= 4 is 46.7 Å². The van der Waals surface area contributed by atoms with Crippen molar-refractivity contribution < 1.29 is 48.5 Å². The second-order valence-corrected chi connectivity index (χ2v) is 13.8. The van der Waals surface area contributed by atoms with Crippen LogP contribution in [0.3, 0.4) is 0 Å². The molecule has 0 aliphatic heterocycles. The van der Waals surface area contributed by atoms with Crippen LogP contribution in [0.2, 0.25) is 0 Å². The Hall–Kier alpha value is -4.50. The maximum absolute atomic E-state index is 14.1. The summed E-state index contributed by atoms with van der Waals surface area (Å²) in [6, 6.07) is 8.64. The largest absolute Gasteiger partial charge is 0.468 e. The second kappa shape index (κ2) is 14.3. The predicted molar refractivity (Wildman–Crippen MR) is 176 cm³/mol. The van der Waals surface area contributed by atoms with Gasteiger partial charge in [0.05, 0.1) is 62.8 Å². The van der Waals surface area contributed by atoms with Crippen LogP contribution in [0.1, 0.15) is 86.2 Å². The third-order valence-corrected chi connectivity index (χ3v) is 7.47. The molecule has 0 radical (unpaired) electrons. The van der Waals surface area contributed by atoms with Gasteiger partial charge in [-0.3, -0.25) is 29.8 Å². The van der Waals surface area contributed by atoms with Crippen LogP contribution in [0, 0.1) is 0 Å². The van der Waals surface area contributed by atoms with Gasteiger partial charge in [0.15, 0.2) is 11.6 Å². The van der Waals surface area contributed by atoms with Crippen molar-refractivity contribution in [3.05, 3.63) is 58.7 Å². The lowest BCUT2D eigenvalue weighted by Gasteiger charge is -2.36. The molecule has 0 saturated heterocycles. The van der Waals surface area contributed by atoms with E-state index in [1.54, 1.807) is 41.5 Å². The molecule has 260 valence electrons. The summed E-state index contributed by atoms with van der Waals surface area (Å²) in [6.07, 6.45) is -1.15. The molecule has 6 N–H and O–H groups in total. The van der Waals surface area contributed by atoms with Gasteiger partial charge in [0.2, 0.25) is 11.8 Å². The number of carbonyl (C=O) groups is 6. The van der Waals surface area contributed by atoms with Gasteiger partial charge in [-0.2, -0.15) is 0 Å². The van der Waals surface area contributed by atoms with Gasteiger partial charge in [-0.05, 0) is 53.7 Å². The van der Waals surface area contributed by atoms with Crippen LogP contribution >= 0.6 is 0 Å². The zero-order valence-electron chi connectivity index (χ0n) is 28.5. The van der Waals surface area contributed by atoms with E-state index < -0.39 is 83.5 Å². The number of carbonyl (C=O) groups excluding carboxylic acids is 6. The fraction of sp³-hybridized carbons (Fsp3) is 0.471. The van der Waals surface area contributed by atoms with Gasteiger partial charge in [-0.15, -0.1) is 0 Å². The summed E-state index contributed by atoms with van der Waals surface area (Å²) in [5.74, 6) is -4.51. The highest BCUT2D eigenvalue weighted by atomic mass is 16.5. The molecule has 2 aromatic rings. The standard InChI is InChI=1S/C34H44N4O10/c1-31(2,3)37-33(17-39,29(45)47-7)15-23(41)35-21-13-9-11-19-25(21)28(44)26-20(27(19)43)12-10-14-22(26)36-24(42)16-34(18-40,30(46)48-8)38-32(4,5)6/h9-14,37-40H,15-18H2,1-8H3,(H,35,41)(H,36,42)/t33-,34-/m1/s1. The Morgan fingerprint density at radius 1 is 0.625 bits per heavy atom. The van der Waals surface area contributed by atoms with E-state index in [1.807, 2.05) is 0 Å². The van der Waals surface area contributed by atoms with Crippen molar-refractivity contribution in [2.45, 2.75) is 76.5 Å². The second-order valence-electron chi connectivity index (χ2n) is 13.8. The van der Waals surface area contributed by atoms with Crippen molar-refractivity contribution in [2.24, 2.45) is 0 Å². The van der Waals surface area contributed by atoms with Gasteiger partial charge in [-0.1, -0.05) is 24.3 Å². The Labute approximate surface area is 278 Å². The van der Waals surface area contributed by atoms with Crippen LogP contribution in [0.5, 0.6) is 0 Å². The molecule has 0 fully saturated rings. The van der Waals surface area contributed by atoms with E-state index >= 15 is 0 Å². The van der Waals surface area contributed by atoms with E-state index in [0.717, 1.165) is 14.2 Å². The first-order chi connectivity index (χ1) is 22.3. The summed E-state index contributed by atoms with van der Waals surface area (Å²) >= 11 is 0. The van der Waals surface area contributed by atoms with Crippen molar-refractivity contribution in [3.8, 4) is 0 Å². The SMILES string of the molecule is COC(=O)[C@](CO)(CC(=O)Nc1cccc2c1C(=O)c1c(NC(=O)C[C@](CO)(NC(C)(C)C)C(=O)OC)cccc1C2=O)NC(C)(C)C. The number of amides is 2. The number of rotatable bonds is 12. The molecule has 14 heteroatoms. The lowest BCUT2D eigenvalue weighted by atomic mass is 9.82. The van der Waals surface area contributed by atoms with Crippen LogP contribution < -0.4 is 21.3 Å². The molecule has 0 unspecified atom stereocenters. The molecule has 14 nitrogen and oxygen atoms in total. The molecule has 3 rings (SSSR count). The highest BCUT2D eigenvalue weighted by molar-refractivity contribution is 6.32. The molecule has 1 aliphatic carbocycles. The van der Waals surface area contributed by atoms with Gasteiger partial charge >= 0.3 is 11.9 Å². The average molecular weight is 669 g/mol. The molecule has 0 aromatic heterocycles. The number of ketones is 2. The first-order valence-corrected chi connectivity index (χ1v) is 15.2. The molecular weight excluding hydrogens is 624 g/mol. The lowest BCUT2D eigenvalue weighted by Crippen LogP contribution is -2.62. The summed E-state index contributed by atoms with van der Waals surface area (Å²) in [5, 5.41) is 31.5. The molecule has 0 spiro atoms. The first kappa shape index (κ1) is 38.0. The first-order valence-electron chi connectivity index (χ1n) is 15.2. The topological polar surface area (TPSA) is 209 Å². The summed E-state index contributed by atoms with van der Waals surface area (Å²) in [5.41, 5.74) is -5.41. The van der Waals surface area contributed by atoms with E-state index in [2.05, 4.69) is 21.3 Å². The van der Waals surface area contributed by atoms with Gasteiger partial charge in [0.1, 0.15) is 11.1 Å². The number of anilines is 2. The molecule has 48 heavy (non-hydrogen) atoms. The maximum Gasteiger partial charge on any atom is 0.329 e. The summed E-state index contributed by atoms with van der Waals surface area (Å²) in [6.45, 7) is 8.89. The highest BCUT2D eigenvalue weighted by Crippen LogP contribution is 2.36. The summed E-state index contributed by atoms with van der Waals surface area (Å²) in [7, 11) is 2.25. The number of hydrogen-bond donors (Lipinski definition) is 6. The number of methoxy groups -OCH3 is 2. The van der Waals surface area contributed by atoms with Gasteiger partial charge in [0, 0.05) is 22.2 Å². The van der Waals surface area contributed by atoms with Crippen LogP contribution in [-0.4, -0.2) is 95.1 Å². The maximum atomic E-state index is 14.1. The quantitative estimate of drug-likeness (QED) is 0.152. The van der Waals surface area contributed by atoms with E-state index in [1.165, 1.54) is 36.4 Å². The number of esters is 2. The number of benzene rings is 2. The third kappa shape index (κ3) is 8.13. The fourth-order valence-corrected chi connectivity index (χ4v) is 5.87. The number of fused-ring (bicyclic) bond motifs is 2. The van der Waals surface area contributed by atoms with Crippen molar-refractivity contribution in [1.29, 1.82) is 0 Å². The molecule has 2 amide bonds. The zero-order valence-corrected chi connectivity index (χ0v) is 28.5. The van der Waals surface area contributed by atoms with Crippen LogP contribution in [0.4, 0.5) is 11.4 Å². The van der Waals surface area contributed by atoms with E-state index in [4.69, 9.17) is 9.47 Å². The monoisotopic (exact) mass is 668 g/mol. The van der Waals surface area contributed by atoms with E-state index in [0.29, 0.717) is 0 Å². The number of aliphatic hydroxyl groups is 2. The molecule has 2 atom stereocenters. The molecule has 0 saturated carbocycles. The number of aliphatic hydroxyl groups excluding tert-OH is 2. The van der Waals surface area contributed by atoms with Crippen LogP contribution in [0.15, 0.2) is 36.4 Å². The van der Waals surface area contributed by atoms with Gasteiger partial charge < -0.3 is 30.3 Å². The lowest BCUT2D eigenvalue weighted by molar-refractivity contribution is -0.154. The van der Waals surface area contributed by atoms with E-state index in [9.17, 15) is 39.0 Å². The number of hydrogen-bond acceptors (Lipinski definition) is 12. The highest BCUT2D eigenvalue weighted by Gasteiger charge is 2.45. The Bertz CT molecular complexity index is 1510. The predicted octanol–water partition coefficient (Wildman–Crippen LogP) is 1.70. The Balaban J connectivity index is 2.00. The Morgan fingerprint density at radius 3 is 1.27 bits per heavy atom. The zero-order chi connectivity index (χ0) is 36.2. The van der Waals surface area contributed by atoms with E-state index in [-0.39, 0.29) is 33.6 Å². The minimum atomic E-state index is -1.81. The van der Waals surface area contributed by atoms with Crippen molar-refractivity contribution in [1.82, 2.24) is 10.6 Å². The summed E-state index contributed by atoms with van der Waals surface area (Å²) < 4.78 is 9.74. The van der Waals surface area contributed by atoms with Crippen LogP contribution in [0.25, 0.3) is 0 Å². The molecular formula is C34H44N4O10. The fourth-order valence-electron chi connectivity index (χ4n) is 5.87. The van der Waals surface area contributed by atoms with Gasteiger partial charge in [0.25, 0.3) is 0 Å². The molecule has 0 heterocycles. The Kier molecular flexibility index (Phi) is 11.3. The molecule has 2 aromatic carbocycles.